The fourth-order valence-electron chi connectivity index (χ4n) is 2.70. The van der Waals surface area contributed by atoms with E-state index in [1.54, 1.807) is 43.0 Å². The molecule has 1 amide bonds. The lowest BCUT2D eigenvalue weighted by atomic mass is 9.90. The first-order valence-electron chi connectivity index (χ1n) is 7.32. The van der Waals surface area contributed by atoms with Crippen LogP contribution in [0.15, 0.2) is 28.8 Å². The van der Waals surface area contributed by atoms with E-state index in [2.05, 4.69) is 10.1 Å². The molecule has 7 nitrogen and oxygen atoms in total. The maximum atomic E-state index is 12.6. The fourth-order valence-corrected chi connectivity index (χ4v) is 2.70. The molecular weight excluding hydrogens is 298 g/mol. The van der Waals surface area contributed by atoms with Crippen molar-refractivity contribution in [1.82, 2.24) is 15.0 Å². The van der Waals surface area contributed by atoms with Crippen LogP contribution >= 0.6 is 0 Å². The Morgan fingerprint density at radius 3 is 2.78 bits per heavy atom. The van der Waals surface area contributed by atoms with Gasteiger partial charge in [-0.1, -0.05) is 17.3 Å². The molecule has 2 heterocycles. The van der Waals surface area contributed by atoms with Gasteiger partial charge < -0.3 is 14.5 Å². The second-order valence-corrected chi connectivity index (χ2v) is 6.06. The Bertz CT molecular complexity index is 770. The Balaban J connectivity index is 1.82. The molecule has 0 aliphatic carbocycles. The van der Waals surface area contributed by atoms with Crippen molar-refractivity contribution in [2.75, 3.05) is 13.1 Å². The number of rotatable bonds is 3. The molecule has 1 N–H and O–H groups in total. The van der Waals surface area contributed by atoms with Crippen molar-refractivity contribution in [3.8, 4) is 11.4 Å². The van der Waals surface area contributed by atoms with E-state index >= 15 is 0 Å². The van der Waals surface area contributed by atoms with Crippen LogP contribution < -0.4 is 0 Å². The van der Waals surface area contributed by atoms with Crippen LogP contribution in [0.4, 0.5) is 0 Å². The smallest absolute Gasteiger partial charge is 0.311 e. The summed E-state index contributed by atoms with van der Waals surface area (Å²) >= 11 is 0. The predicted molar refractivity (Wildman–Crippen MR) is 80.7 cm³/mol. The lowest BCUT2D eigenvalue weighted by Crippen LogP contribution is -2.34. The third-order valence-corrected chi connectivity index (χ3v) is 4.17. The Kier molecular flexibility index (Phi) is 3.63. The van der Waals surface area contributed by atoms with Gasteiger partial charge in [0.25, 0.3) is 5.91 Å². The van der Waals surface area contributed by atoms with Crippen molar-refractivity contribution < 1.29 is 19.2 Å². The molecule has 3 rings (SSSR count). The Hall–Kier alpha value is -2.70. The van der Waals surface area contributed by atoms with Crippen molar-refractivity contribution >= 4 is 11.9 Å². The van der Waals surface area contributed by atoms with Crippen molar-refractivity contribution in [2.24, 2.45) is 5.41 Å². The maximum Gasteiger partial charge on any atom is 0.311 e. The summed E-state index contributed by atoms with van der Waals surface area (Å²) in [5.41, 5.74) is 0.297. The molecule has 0 bridgehead atoms. The average molecular weight is 315 g/mol. The molecule has 1 aromatic heterocycles. The zero-order valence-electron chi connectivity index (χ0n) is 12.9. The largest absolute Gasteiger partial charge is 0.481 e. The Morgan fingerprint density at radius 2 is 2.17 bits per heavy atom. The van der Waals surface area contributed by atoms with E-state index in [-0.39, 0.29) is 12.5 Å². The molecule has 0 saturated carbocycles. The third-order valence-electron chi connectivity index (χ3n) is 4.17. The highest BCUT2D eigenvalue weighted by Gasteiger charge is 2.42. The molecule has 1 aromatic carbocycles. The summed E-state index contributed by atoms with van der Waals surface area (Å²) in [6.07, 6.45) is 0.456. The summed E-state index contributed by atoms with van der Waals surface area (Å²) in [6, 6.07) is 6.95. The maximum absolute atomic E-state index is 12.6. The van der Waals surface area contributed by atoms with Gasteiger partial charge in [0.15, 0.2) is 0 Å². The van der Waals surface area contributed by atoms with Gasteiger partial charge in [0.2, 0.25) is 11.7 Å². The fraction of sp³-hybridized carbons (Fsp3) is 0.375. The van der Waals surface area contributed by atoms with Crippen molar-refractivity contribution in [3.05, 3.63) is 35.7 Å². The zero-order valence-corrected chi connectivity index (χ0v) is 12.9. The molecule has 1 aliphatic rings. The first kappa shape index (κ1) is 15.2. The number of benzene rings is 1. The predicted octanol–water partition coefficient (Wildman–Crippen LogP) is 1.98. The Labute approximate surface area is 132 Å². The van der Waals surface area contributed by atoms with E-state index in [1.807, 2.05) is 0 Å². The normalized spacial score (nSPS) is 20.7. The number of carbonyl (C=O) groups excluding carboxylic acids is 1. The Morgan fingerprint density at radius 1 is 1.39 bits per heavy atom. The summed E-state index contributed by atoms with van der Waals surface area (Å²) in [5, 5.41) is 13.1. The molecule has 120 valence electrons. The second-order valence-electron chi connectivity index (χ2n) is 6.06. The lowest BCUT2D eigenvalue weighted by molar-refractivity contribution is -0.147. The first-order chi connectivity index (χ1) is 10.9. The van der Waals surface area contributed by atoms with Gasteiger partial charge in [-0.2, -0.15) is 4.98 Å². The molecule has 0 spiro atoms. The third kappa shape index (κ3) is 2.81. The zero-order chi connectivity index (χ0) is 16.6. The van der Waals surface area contributed by atoms with Crippen molar-refractivity contribution in [3.63, 3.8) is 0 Å². The number of nitrogens with zero attached hydrogens (tertiary/aromatic N) is 3. The minimum Gasteiger partial charge on any atom is -0.481 e. The number of carboxylic acids is 1. The van der Waals surface area contributed by atoms with Gasteiger partial charge in [-0.3, -0.25) is 9.59 Å². The van der Waals surface area contributed by atoms with Crippen LogP contribution in [0.2, 0.25) is 0 Å². The first-order valence-corrected chi connectivity index (χ1v) is 7.32. The molecule has 7 heteroatoms. The number of amides is 1. The molecule has 1 fully saturated rings. The molecule has 23 heavy (non-hydrogen) atoms. The van der Waals surface area contributed by atoms with Gasteiger partial charge >= 0.3 is 5.97 Å². The van der Waals surface area contributed by atoms with Gasteiger partial charge in [-0.15, -0.1) is 0 Å². The number of carboxylic acid groups (broad SMARTS) is 1. The van der Waals surface area contributed by atoms with E-state index in [1.165, 1.54) is 0 Å². The average Bonchev–Trinajstić information content (AvgIpc) is 3.14. The molecule has 2 aromatic rings. The SMILES string of the molecule is Cc1nc(-c2cccc(C(=O)N3CC[C@](C)(C(=O)O)C3)c2)no1. The van der Waals surface area contributed by atoms with Gasteiger partial charge in [-0.05, 0) is 25.5 Å². The standard InChI is InChI=1S/C16H17N3O4/c1-10-17-13(18-23-10)11-4-3-5-12(8-11)14(20)19-7-6-16(2,9-19)15(21)22/h3-5,8H,6-7,9H2,1-2H3,(H,21,22)/t16-/m0/s1. The van der Waals surface area contributed by atoms with E-state index < -0.39 is 11.4 Å². The van der Waals surface area contributed by atoms with Crippen LogP contribution in [0, 0.1) is 12.3 Å². The van der Waals surface area contributed by atoms with Gasteiger partial charge in [-0.25, -0.2) is 0 Å². The van der Waals surface area contributed by atoms with Gasteiger partial charge in [0.05, 0.1) is 5.41 Å². The topological polar surface area (TPSA) is 96.5 Å². The van der Waals surface area contributed by atoms with Crippen molar-refractivity contribution in [1.29, 1.82) is 0 Å². The molecule has 1 saturated heterocycles. The number of carbonyl (C=O) groups is 2. The molecule has 0 radical (unpaired) electrons. The molecular formula is C16H17N3O4. The molecule has 1 atom stereocenters. The summed E-state index contributed by atoms with van der Waals surface area (Å²) < 4.78 is 4.95. The van der Waals surface area contributed by atoms with E-state index in [0.717, 1.165) is 0 Å². The number of hydrogen-bond acceptors (Lipinski definition) is 5. The lowest BCUT2D eigenvalue weighted by Gasteiger charge is -2.20. The van der Waals surface area contributed by atoms with Gasteiger partial charge in [0.1, 0.15) is 0 Å². The number of likely N-dealkylation sites (tertiary alicyclic amines) is 1. The van der Waals surface area contributed by atoms with E-state index in [4.69, 9.17) is 4.52 Å². The summed E-state index contributed by atoms with van der Waals surface area (Å²) in [7, 11) is 0. The number of hydrogen-bond donors (Lipinski definition) is 1. The van der Waals surface area contributed by atoms with Gasteiger partial charge in [0, 0.05) is 31.1 Å². The monoisotopic (exact) mass is 315 g/mol. The quantitative estimate of drug-likeness (QED) is 0.930. The summed E-state index contributed by atoms with van der Waals surface area (Å²) in [6.45, 7) is 4.02. The second kappa shape index (κ2) is 5.49. The minimum atomic E-state index is -0.877. The van der Waals surface area contributed by atoms with Crippen molar-refractivity contribution in [2.45, 2.75) is 20.3 Å². The molecule has 0 unspecified atom stereocenters. The number of aliphatic carboxylic acids is 1. The summed E-state index contributed by atoms with van der Waals surface area (Å²) in [5.74, 6) is -0.177. The minimum absolute atomic E-state index is 0.183. The summed E-state index contributed by atoms with van der Waals surface area (Å²) in [4.78, 5) is 29.6. The van der Waals surface area contributed by atoms with E-state index in [9.17, 15) is 14.7 Å². The van der Waals surface area contributed by atoms with E-state index in [0.29, 0.717) is 35.8 Å². The van der Waals surface area contributed by atoms with Crippen LogP contribution in [0.25, 0.3) is 11.4 Å². The van der Waals surface area contributed by atoms with Crippen LogP contribution in [0.5, 0.6) is 0 Å². The van der Waals surface area contributed by atoms with Crippen LogP contribution in [-0.4, -0.2) is 45.1 Å². The van der Waals surface area contributed by atoms with Crippen LogP contribution in [0.3, 0.4) is 0 Å². The van der Waals surface area contributed by atoms with Crippen LogP contribution in [-0.2, 0) is 4.79 Å². The number of aromatic nitrogens is 2. The highest BCUT2D eigenvalue weighted by atomic mass is 16.5. The highest BCUT2D eigenvalue weighted by molar-refractivity contribution is 5.96. The van der Waals surface area contributed by atoms with Crippen LogP contribution in [0.1, 0.15) is 29.6 Å². The number of aryl methyl sites for hydroxylation is 1. The highest BCUT2D eigenvalue weighted by Crippen LogP contribution is 2.31. The molecule has 1 aliphatic heterocycles.